The maximum Gasteiger partial charge on any atom is 0.333 e. The van der Waals surface area contributed by atoms with Gasteiger partial charge in [-0.3, -0.25) is 18.7 Å². The van der Waals surface area contributed by atoms with Gasteiger partial charge in [-0.15, -0.1) is 0 Å². The average molecular weight is 234 g/mol. The minimum absolute atomic E-state index is 0.400. The molecule has 0 aliphatic rings. The van der Waals surface area contributed by atoms with Gasteiger partial charge in [0.1, 0.15) is 5.00 Å². The first-order valence-electron chi connectivity index (χ1n) is 4.49. The standard InChI is InChI=1S/C9H6N4O2S/c14-6-1-3-13(8(15)11-6)7-5-12-4-2-10-9(12)16-7/h1-5H,(H,11,14,15). The molecule has 16 heavy (non-hydrogen) atoms. The Morgan fingerprint density at radius 3 is 2.94 bits per heavy atom. The molecule has 3 aromatic rings. The fraction of sp³-hybridized carbons (Fsp3) is 0. The second-order valence-corrected chi connectivity index (χ2v) is 4.15. The SMILES string of the molecule is O=c1ccn(-c2cn3ccnc3s2)c(=O)[nH]1. The fourth-order valence-corrected chi connectivity index (χ4v) is 2.35. The molecular formula is C9H6N4O2S. The van der Waals surface area contributed by atoms with Gasteiger partial charge in [-0.25, -0.2) is 9.78 Å². The maximum absolute atomic E-state index is 11.5. The lowest BCUT2D eigenvalue weighted by Gasteiger charge is -1.97. The number of hydrogen-bond acceptors (Lipinski definition) is 4. The molecule has 0 amide bonds. The smallest absolute Gasteiger partial charge is 0.296 e. The van der Waals surface area contributed by atoms with Crippen LogP contribution in [0.1, 0.15) is 0 Å². The molecule has 7 heteroatoms. The zero-order chi connectivity index (χ0) is 11.1. The third-order valence-corrected chi connectivity index (χ3v) is 3.15. The third-order valence-electron chi connectivity index (χ3n) is 2.14. The molecule has 0 aliphatic heterocycles. The van der Waals surface area contributed by atoms with Crippen LogP contribution in [0.2, 0.25) is 0 Å². The Bertz CT molecular complexity index is 735. The summed E-state index contributed by atoms with van der Waals surface area (Å²) >= 11 is 1.37. The summed E-state index contributed by atoms with van der Waals surface area (Å²) in [4.78, 5) is 29.5. The fourth-order valence-electron chi connectivity index (χ4n) is 1.42. The molecule has 6 nitrogen and oxygen atoms in total. The number of nitrogens with one attached hydrogen (secondary N) is 1. The summed E-state index contributed by atoms with van der Waals surface area (Å²) in [5.74, 6) is 0. The van der Waals surface area contributed by atoms with Gasteiger partial charge in [0.25, 0.3) is 5.56 Å². The molecule has 0 saturated heterocycles. The average Bonchev–Trinajstić information content (AvgIpc) is 2.76. The number of thiazole rings is 1. The summed E-state index contributed by atoms with van der Waals surface area (Å²) in [6.07, 6.45) is 6.72. The molecule has 0 aliphatic carbocycles. The summed E-state index contributed by atoms with van der Waals surface area (Å²) in [5.41, 5.74) is -0.848. The van der Waals surface area contributed by atoms with E-state index in [9.17, 15) is 9.59 Å². The van der Waals surface area contributed by atoms with E-state index < -0.39 is 11.2 Å². The highest BCUT2D eigenvalue weighted by atomic mass is 32.1. The Hall–Kier alpha value is -2.15. The number of aromatic amines is 1. The van der Waals surface area contributed by atoms with Gasteiger partial charge < -0.3 is 0 Å². The number of nitrogens with zero attached hydrogens (tertiary/aromatic N) is 3. The first-order chi connectivity index (χ1) is 7.74. The van der Waals surface area contributed by atoms with Crippen LogP contribution in [0.25, 0.3) is 9.96 Å². The highest BCUT2D eigenvalue weighted by Crippen LogP contribution is 2.18. The second-order valence-electron chi connectivity index (χ2n) is 3.17. The molecule has 3 rings (SSSR count). The quantitative estimate of drug-likeness (QED) is 0.655. The first-order valence-corrected chi connectivity index (χ1v) is 5.30. The predicted molar refractivity (Wildman–Crippen MR) is 59.3 cm³/mol. The summed E-state index contributed by atoms with van der Waals surface area (Å²) < 4.78 is 3.19. The molecule has 0 radical (unpaired) electrons. The van der Waals surface area contributed by atoms with Crippen molar-refractivity contribution < 1.29 is 0 Å². The molecule has 3 heterocycles. The van der Waals surface area contributed by atoms with Gasteiger partial charge in [0.15, 0.2) is 4.96 Å². The molecule has 0 atom stereocenters. The van der Waals surface area contributed by atoms with Crippen molar-refractivity contribution in [2.45, 2.75) is 0 Å². The van der Waals surface area contributed by atoms with Crippen molar-refractivity contribution >= 4 is 16.3 Å². The minimum atomic E-state index is -0.447. The lowest BCUT2D eigenvalue weighted by Crippen LogP contribution is -2.26. The summed E-state index contributed by atoms with van der Waals surface area (Å²) in [5, 5.41) is 0.712. The van der Waals surface area contributed by atoms with Gasteiger partial charge in [-0.05, 0) is 0 Å². The number of rotatable bonds is 1. The maximum atomic E-state index is 11.5. The Kier molecular flexibility index (Phi) is 1.80. The summed E-state index contributed by atoms with van der Waals surface area (Å²) in [6, 6.07) is 1.31. The van der Waals surface area contributed by atoms with Crippen molar-refractivity contribution in [3.05, 3.63) is 51.7 Å². The van der Waals surface area contributed by atoms with E-state index in [1.165, 1.54) is 28.2 Å². The number of imidazole rings is 1. The van der Waals surface area contributed by atoms with Gasteiger partial charge in [0.05, 0.1) is 0 Å². The topological polar surface area (TPSA) is 72.2 Å². The van der Waals surface area contributed by atoms with Crippen molar-refractivity contribution in [2.24, 2.45) is 0 Å². The van der Waals surface area contributed by atoms with E-state index in [0.29, 0.717) is 5.00 Å². The molecular weight excluding hydrogens is 228 g/mol. The van der Waals surface area contributed by atoms with E-state index in [1.807, 2.05) is 4.40 Å². The van der Waals surface area contributed by atoms with Crippen molar-refractivity contribution in [1.82, 2.24) is 18.9 Å². The van der Waals surface area contributed by atoms with Crippen LogP contribution in [0.3, 0.4) is 0 Å². The van der Waals surface area contributed by atoms with Crippen LogP contribution in [0.4, 0.5) is 0 Å². The van der Waals surface area contributed by atoms with Crippen molar-refractivity contribution in [2.75, 3.05) is 0 Å². The molecule has 0 unspecified atom stereocenters. The molecule has 80 valence electrons. The van der Waals surface area contributed by atoms with Crippen LogP contribution < -0.4 is 11.2 Å². The third kappa shape index (κ3) is 1.29. The Labute approximate surface area is 92.4 Å². The first kappa shape index (κ1) is 9.10. The zero-order valence-electron chi connectivity index (χ0n) is 7.95. The molecule has 0 aromatic carbocycles. The Balaban J connectivity index is 2.26. The predicted octanol–water partition coefficient (Wildman–Crippen LogP) is 0.235. The molecule has 3 aromatic heterocycles. The second kappa shape index (κ2) is 3.17. The Morgan fingerprint density at radius 2 is 2.19 bits per heavy atom. The van der Waals surface area contributed by atoms with E-state index in [4.69, 9.17) is 0 Å². The Morgan fingerprint density at radius 1 is 1.31 bits per heavy atom. The largest absolute Gasteiger partial charge is 0.333 e. The monoisotopic (exact) mass is 234 g/mol. The van der Waals surface area contributed by atoms with Crippen molar-refractivity contribution in [1.29, 1.82) is 0 Å². The van der Waals surface area contributed by atoms with Gasteiger partial charge >= 0.3 is 5.69 Å². The van der Waals surface area contributed by atoms with Crippen LogP contribution in [-0.2, 0) is 0 Å². The van der Waals surface area contributed by atoms with Crippen molar-refractivity contribution in [3.63, 3.8) is 0 Å². The van der Waals surface area contributed by atoms with Crippen LogP contribution in [-0.4, -0.2) is 18.9 Å². The highest BCUT2D eigenvalue weighted by molar-refractivity contribution is 7.19. The molecule has 1 N–H and O–H groups in total. The molecule has 0 spiro atoms. The normalized spacial score (nSPS) is 11.0. The zero-order valence-corrected chi connectivity index (χ0v) is 8.77. The lowest BCUT2D eigenvalue weighted by atomic mass is 10.6. The number of hydrogen-bond donors (Lipinski definition) is 1. The lowest BCUT2D eigenvalue weighted by molar-refractivity contribution is 0.905. The van der Waals surface area contributed by atoms with Crippen LogP contribution >= 0.6 is 11.3 Å². The van der Waals surface area contributed by atoms with Crippen molar-refractivity contribution in [3.8, 4) is 5.00 Å². The van der Waals surface area contributed by atoms with E-state index in [0.717, 1.165) is 4.96 Å². The van der Waals surface area contributed by atoms with Gasteiger partial charge in [-0.2, -0.15) is 0 Å². The molecule has 0 fully saturated rings. The van der Waals surface area contributed by atoms with Crippen LogP contribution in [0.5, 0.6) is 0 Å². The van der Waals surface area contributed by atoms with Crippen LogP contribution in [0.15, 0.2) is 40.4 Å². The highest BCUT2D eigenvalue weighted by Gasteiger charge is 2.05. The number of fused-ring (bicyclic) bond motifs is 1. The van der Waals surface area contributed by atoms with Crippen LogP contribution in [0, 0.1) is 0 Å². The number of aromatic nitrogens is 4. The van der Waals surface area contributed by atoms with E-state index in [-0.39, 0.29) is 0 Å². The van der Waals surface area contributed by atoms with E-state index in [1.54, 1.807) is 18.6 Å². The molecule has 0 saturated carbocycles. The summed E-state index contributed by atoms with van der Waals surface area (Å²) in [6.45, 7) is 0. The number of H-pyrrole nitrogens is 1. The van der Waals surface area contributed by atoms with E-state index in [2.05, 4.69) is 9.97 Å². The van der Waals surface area contributed by atoms with Gasteiger partial charge in [-0.1, -0.05) is 11.3 Å². The van der Waals surface area contributed by atoms with Gasteiger partial charge in [0.2, 0.25) is 0 Å². The molecule has 0 bridgehead atoms. The minimum Gasteiger partial charge on any atom is -0.296 e. The summed E-state index contributed by atoms with van der Waals surface area (Å²) in [7, 11) is 0. The van der Waals surface area contributed by atoms with Gasteiger partial charge in [0, 0.05) is 30.9 Å². The van der Waals surface area contributed by atoms with E-state index >= 15 is 0 Å².